The van der Waals surface area contributed by atoms with Crippen molar-refractivity contribution in [2.45, 2.75) is 38.5 Å². The van der Waals surface area contributed by atoms with Crippen molar-refractivity contribution in [1.29, 1.82) is 0 Å². The number of halogens is 1. The number of amides is 1. The predicted octanol–water partition coefficient (Wildman–Crippen LogP) is 5.09. The predicted molar refractivity (Wildman–Crippen MR) is 141 cm³/mol. The summed E-state index contributed by atoms with van der Waals surface area (Å²) in [5.41, 5.74) is 6.43. The minimum Gasteiger partial charge on any atom is -0.396 e. The van der Waals surface area contributed by atoms with Crippen molar-refractivity contribution in [3.8, 4) is 0 Å². The van der Waals surface area contributed by atoms with E-state index in [9.17, 15) is 9.90 Å². The number of rotatable bonds is 7. The summed E-state index contributed by atoms with van der Waals surface area (Å²) >= 11 is 0. The molecule has 1 fully saturated rings. The minimum atomic E-state index is -0.475. The molecule has 184 valence electrons. The quantitative estimate of drug-likeness (QED) is 0.362. The summed E-state index contributed by atoms with van der Waals surface area (Å²) in [6.45, 7) is 1.84. The van der Waals surface area contributed by atoms with E-state index in [2.05, 4.69) is 15.0 Å². The first kappa shape index (κ1) is 23.9. The topological polar surface area (TPSA) is 81.0 Å². The van der Waals surface area contributed by atoms with Gasteiger partial charge in [-0.3, -0.25) is 14.7 Å². The molecule has 2 N–H and O–H groups in total. The molecule has 1 aromatic heterocycles. The molecule has 1 aliphatic carbocycles. The molecule has 5 rings (SSSR count). The van der Waals surface area contributed by atoms with Gasteiger partial charge in [0.15, 0.2) is 0 Å². The summed E-state index contributed by atoms with van der Waals surface area (Å²) in [5, 5.41) is 9.97. The zero-order valence-electron chi connectivity index (χ0n) is 20.5. The van der Waals surface area contributed by atoms with Crippen LogP contribution in [0.5, 0.6) is 0 Å². The van der Waals surface area contributed by atoms with Gasteiger partial charge in [0.1, 0.15) is 12.2 Å². The second kappa shape index (κ2) is 10.0. The number of aliphatic imine (C=N–C) groups is 2. The number of H-pyrrole nitrogens is 1. The first-order valence-corrected chi connectivity index (χ1v) is 12.2. The number of aliphatic hydroxyl groups is 1. The zero-order chi connectivity index (χ0) is 25.2. The molecule has 1 aliphatic heterocycles. The second-order valence-electron chi connectivity index (χ2n) is 9.22. The van der Waals surface area contributed by atoms with Crippen molar-refractivity contribution in [2.24, 2.45) is 9.98 Å². The molecule has 1 saturated carbocycles. The Balaban J connectivity index is 1.64. The van der Waals surface area contributed by atoms with Crippen LogP contribution >= 0.6 is 0 Å². The van der Waals surface area contributed by atoms with Crippen LogP contribution in [0, 0.1) is 12.7 Å². The molecule has 1 amide bonds. The van der Waals surface area contributed by atoms with E-state index in [0.717, 1.165) is 40.8 Å². The Morgan fingerprint density at radius 1 is 1.25 bits per heavy atom. The summed E-state index contributed by atoms with van der Waals surface area (Å²) in [6.07, 6.45) is 9.84. The van der Waals surface area contributed by atoms with E-state index >= 15 is 4.39 Å². The number of aromatic amines is 1. The Morgan fingerprint density at radius 2 is 2.08 bits per heavy atom. The lowest BCUT2D eigenvalue weighted by Crippen LogP contribution is -2.28. The zero-order valence-corrected chi connectivity index (χ0v) is 20.5. The molecule has 6 nitrogen and oxygen atoms in total. The Labute approximate surface area is 209 Å². The van der Waals surface area contributed by atoms with Crippen molar-refractivity contribution in [3.05, 3.63) is 99.8 Å². The van der Waals surface area contributed by atoms with E-state index in [1.807, 2.05) is 49.5 Å². The van der Waals surface area contributed by atoms with Crippen molar-refractivity contribution >= 4 is 23.6 Å². The monoisotopic (exact) mass is 484 g/mol. The van der Waals surface area contributed by atoms with Crippen LogP contribution in [0.25, 0.3) is 0 Å². The van der Waals surface area contributed by atoms with Crippen LogP contribution in [0.2, 0.25) is 0 Å². The summed E-state index contributed by atoms with van der Waals surface area (Å²) in [6, 6.07) is 11.0. The number of aliphatic hydroxyl groups excluding tert-OH is 1. The Hall–Kier alpha value is -3.84. The van der Waals surface area contributed by atoms with E-state index in [1.54, 1.807) is 13.2 Å². The lowest BCUT2D eigenvalue weighted by molar-refractivity contribution is 0.0993. The van der Waals surface area contributed by atoms with Crippen molar-refractivity contribution in [1.82, 2.24) is 4.98 Å². The summed E-state index contributed by atoms with van der Waals surface area (Å²) in [5.74, 6) is -0.490. The molecule has 0 spiro atoms. The number of aryl methyl sites for hydroxylation is 1. The minimum absolute atomic E-state index is 0.109. The number of aromatic nitrogens is 1. The van der Waals surface area contributed by atoms with Gasteiger partial charge >= 0.3 is 0 Å². The molecule has 2 aromatic carbocycles. The van der Waals surface area contributed by atoms with Crippen molar-refractivity contribution in [2.75, 3.05) is 18.6 Å². The highest BCUT2D eigenvalue weighted by atomic mass is 19.1. The number of allylic oxidation sites excluding steroid dienone is 1. The molecule has 2 heterocycles. The van der Waals surface area contributed by atoms with Crippen LogP contribution in [0.4, 0.5) is 10.1 Å². The van der Waals surface area contributed by atoms with Crippen LogP contribution in [0.3, 0.4) is 0 Å². The van der Waals surface area contributed by atoms with Crippen molar-refractivity contribution in [3.63, 3.8) is 0 Å². The largest absolute Gasteiger partial charge is 0.396 e. The van der Waals surface area contributed by atoms with Gasteiger partial charge in [-0.1, -0.05) is 24.3 Å². The van der Waals surface area contributed by atoms with E-state index in [0.29, 0.717) is 35.7 Å². The lowest BCUT2D eigenvalue weighted by Gasteiger charge is -2.24. The van der Waals surface area contributed by atoms with Gasteiger partial charge in [-0.05, 0) is 73.4 Å². The third-order valence-electron chi connectivity index (χ3n) is 6.81. The first-order chi connectivity index (χ1) is 17.5. The number of hydrogen-bond acceptors (Lipinski definition) is 3. The van der Waals surface area contributed by atoms with Crippen LogP contribution in [-0.4, -0.2) is 41.7 Å². The molecule has 7 heteroatoms. The standard InChI is InChI=1S/C29H29FN4O2/c1-18-22(10-12-32-18)28(33-17-31-2)24-6-3-7-26(23(24)11-14-35)34-13-4-5-20-15-21(19-8-9-19)16-25(30)27(20)29(34)36/h3-4,6-7,10,12-13,15-17,19,32,35H,5,8-9,11,14H2,1-2H3/b31-17-,33-28+. The number of nitrogens with zero attached hydrogens (tertiary/aromatic N) is 3. The highest BCUT2D eigenvalue weighted by Gasteiger charge is 2.31. The first-order valence-electron chi connectivity index (χ1n) is 12.2. The molecule has 0 saturated heterocycles. The molecular weight excluding hydrogens is 455 g/mol. The van der Waals surface area contributed by atoms with Crippen LogP contribution < -0.4 is 4.90 Å². The molecule has 0 unspecified atom stereocenters. The van der Waals surface area contributed by atoms with Gasteiger partial charge in [-0.2, -0.15) is 0 Å². The number of carbonyl (C=O) groups excluding carboxylic acids is 1. The number of carbonyl (C=O) groups is 1. The smallest absolute Gasteiger partial charge is 0.265 e. The third-order valence-corrected chi connectivity index (χ3v) is 6.81. The maximum absolute atomic E-state index is 15.3. The normalized spacial score (nSPS) is 16.1. The van der Waals surface area contributed by atoms with Gasteiger partial charge in [-0.25, -0.2) is 9.38 Å². The molecule has 36 heavy (non-hydrogen) atoms. The fraction of sp³-hybridized carbons (Fsp3) is 0.276. The van der Waals surface area contributed by atoms with Gasteiger partial charge in [0, 0.05) is 42.9 Å². The number of nitrogens with one attached hydrogen (secondary N) is 1. The van der Waals surface area contributed by atoms with Crippen LogP contribution in [-0.2, 0) is 12.8 Å². The van der Waals surface area contributed by atoms with E-state index < -0.39 is 11.7 Å². The SMILES string of the molecule is C/N=C\N=C(/c1cc[nH]c1C)c1cccc(N2C=CCc3cc(C4CC4)cc(F)c3C2=O)c1CCO. The van der Waals surface area contributed by atoms with Gasteiger partial charge in [0.25, 0.3) is 5.91 Å². The van der Waals surface area contributed by atoms with Gasteiger partial charge in [0.05, 0.1) is 17.0 Å². The Bertz CT molecular complexity index is 1400. The average Bonchev–Trinajstić information content (AvgIpc) is 3.66. The fourth-order valence-corrected chi connectivity index (χ4v) is 4.91. The molecule has 0 atom stereocenters. The number of hydrogen-bond donors (Lipinski definition) is 2. The second-order valence-corrected chi connectivity index (χ2v) is 9.22. The Kier molecular flexibility index (Phi) is 6.65. The van der Waals surface area contributed by atoms with Gasteiger partial charge < -0.3 is 10.1 Å². The molecule has 2 aliphatic rings. The Morgan fingerprint density at radius 3 is 2.78 bits per heavy atom. The molecule has 0 radical (unpaired) electrons. The average molecular weight is 485 g/mol. The van der Waals surface area contributed by atoms with Crippen molar-refractivity contribution < 1.29 is 14.3 Å². The lowest BCUT2D eigenvalue weighted by atomic mass is 9.93. The van der Waals surface area contributed by atoms with E-state index in [-0.39, 0.29) is 12.2 Å². The molecule has 3 aromatic rings. The third kappa shape index (κ3) is 4.42. The number of fused-ring (bicyclic) bond motifs is 1. The molecule has 0 bridgehead atoms. The maximum Gasteiger partial charge on any atom is 0.265 e. The summed E-state index contributed by atoms with van der Waals surface area (Å²) in [7, 11) is 1.65. The van der Waals surface area contributed by atoms with Gasteiger partial charge in [-0.15, -0.1) is 0 Å². The maximum atomic E-state index is 15.3. The van der Waals surface area contributed by atoms with E-state index in [1.165, 1.54) is 17.3 Å². The van der Waals surface area contributed by atoms with Crippen LogP contribution in [0.15, 0.2) is 64.9 Å². The van der Waals surface area contributed by atoms with Gasteiger partial charge in [0.2, 0.25) is 0 Å². The molecular formula is C29H29FN4O2. The van der Waals surface area contributed by atoms with E-state index in [4.69, 9.17) is 0 Å². The highest BCUT2D eigenvalue weighted by molar-refractivity contribution is 6.18. The summed E-state index contributed by atoms with van der Waals surface area (Å²) in [4.78, 5) is 27.1. The fourth-order valence-electron chi connectivity index (χ4n) is 4.91. The highest BCUT2D eigenvalue weighted by Crippen LogP contribution is 2.42. The van der Waals surface area contributed by atoms with Crippen LogP contribution in [0.1, 0.15) is 62.6 Å². The number of benzene rings is 2. The summed E-state index contributed by atoms with van der Waals surface area (Å²) < 4.78 is 15.3. The number of anilines is 1.